The Balaban J connectivity index is 2.31. The Kier molecular flexibility index (Phi) is 8.29. The van der Waals surface area contributed by atoms with Crippen molar-refractivity contribution in [3.05, 3.63) is 77.2 Å². The van der Waals surface area contributed by atoms with Crippen LogP contribution in [-0.2, 0) is 14.3 Å². The van der Waals surface area contributed by atoms with E-state index in [0.29, 0.717) is 11.1 Å². The van der Waals surface area contributed by atoms with E-state index < -0.39 is 29.6 Å². The summed E-state index contributed by atoms with van der Waals surface area (Å²) in [6, 6.07) is 12.9. The van der Waals surface area contributed by atoms with Crippen LogP contribution in [0.1, 0.15) is 36.7 Å². The van der Waals surface area contributed by atoms with Crippen LogP contribution < -0.4 is 10.6 Å². The number of benzene rings is 2. The van der Waals surface area contributed by atoms with Gasteiger partial charge in [0.25, 0.3) is 11.8 Å². The summed E-state index contributed by atoms with van der Waals surface area (Å²) in [4.78, 5) is 37.7. The van der Waals surface area contributed by atoms with E-state index in [4.69, 9.17) is 4.74 Å². The summed E-state index contributed by atoms with van der Waals surface area (Å²) in [5.74, 6) is -2.36. The summed E-state index contributed by atoms with van der Waals surface area (Å²) >= 11 is 0. The number of carbonyl (C=O) groups excluding carboxylic acids is 3. The fourth-order valence-corrected chi connectivity index (χ4v) is 2.62. The molecule has 0 aromatic heterocycles. The fourth-order valence-electron chi connectivity index (χ4n) is 2.62. The van der Waals surface area contributed by atoms with Crippen LogP contribution in [0.15, 0.2) is 60.3 Å². The van der Waals surface area contributed by atoms with E-state index in [2.05, 4.69) is 10.6 Å². The van der Waals surface area contributed by atoms with Gasteiger partial charge in [-0.05, 0) is 48.7 Å². The summed E-state index contributed by atoms with van der Waals surface area (Å²) in [6.07, 6.45) is 1.41. The van der Waals surface area contributed by atoms with Crippen molar-refractivity contribution in [3.63, 3.8) is 0 Å². The van der Waals surface area contributed by atoms with E-state index in [1.165, 1.54) is 30.3 Å². The first-order valence-corrected chi connectivity index (χ1v) is 9.63. The normalized spacial score (nSPS) is 12.2. The number of ether oxygens (including phenoxy) is 1. The molecule has 0 fully saturated rings. The summed E-state index contributed by atoms with van der Waals surface area (Å²) < 4.78 is 18.2. The molecule has 0 bridgehead atoms. The molecule has 2 rings (SSSR count). The zero-order chi connectivity index (χ0) is 22.1. The number of hydrogen-bond donors (Lipinski definition) is 2. The summed E-state index contributed by atoms with van der Waals surface area (Å²) in [7, 11) is 0. The predicted octanol–water partition coefficient (Wildman–Crippen LogP) is 3.30. The van der Waals surface area contributed by atoms with Crippen molar-refractivity contribution in [2.24, 2.45) is 5.92 Å². The first-order valence-electron chi connectivity index (χ1n) is 9.63. The van der Waals surface area contributed by atoms with Crippen LogP contribution >= 0.6 is 0 Å². The van der Waals surface area contributed by atoms with Crippen molar-refractivity contribution in [2.45, 2.75) is 26.8 Å². The minimum atomic E-state index is -0.886. The zero-order valence-electron chi connectivity index (χ0n) is 17.1. The smallest absolute Gasteiger partial charge is 0.328 e. The third kappa shape index (κ3) is 6.55. The highest BCUT2D eigenvalue weighted by atomic mass is 19.1. The molecule has 0 heterocycles. The Hall–Kier alpha value is -3.48. The molecule has 0 saturated heterocycles. The Bertz CT molecular complexity index is 909. The molecule has 0 aliphatic carbocycles. The number of halogens is 1. The maximum Gasteiger partial charge on any atom is 0.328 e. The second kappa shape index (κ2) is 10.9. The maximum absolute atomic E-state index is 13.2. The standard InChI is InChI=1S/C23H25FN2O4/c1-4-30-23(29)20(15(2)3)26-22(28)19(14-16-10-12-18(24)13-11-16)25-21(27)17-8-6-5-7-9-17/h5-15,20H,4H2,1-3H3,(H,25,27)(H,26,28). The lowest BCUT2D eigenvalue weighted by atomic mass is 10.0. The predicted molar refractivity (Wildman–Crippen MR) is 112 cm³/mol. The number of hydrogen-bond acceptors (Lipinski definition) is 4. The quantitative estimate of drug-likeness (QED) is 0.515. The minimum absolute atomic E-state index is 0.0783. The van der Waals surface area contributed by atoms with E-state index in [-0.39, 0.29) is 18.2 Å². The number of nitrogens with one attached hydrogen (secondary N) is 2. The van der Waals surface area contributed by atoms with Gasteiger partial charge in [-0.15, -0.1) is 0 Å². The molecule has 1 atom stereocenters. The topological polar surface area (TPSA) is 84.5 Å². The molecule has 0 spiro atoms. The van der Waals surface area contributed by atoms with Gasteiger partial charge in [0.05, 0.1) is 6.61 Å². The molecule has 1 unspecified atom stereocenters. The van der Waals surface area contributed by atoms with Gasteiger partial charge in [0.15, 0.2) is 0 Å². The van der Waals surface area contributed by atoms with Gasteiger partial charge >= 0.3 is 5.97 Å². The molecule has 0 aliphatic rings. The summed E-state index contributed by atoms with van der Waals surface area (Å²) in [5.41, 5.74) is 0.790. The molecule has 158 valence electrons. The average molecular weight is 412 g/mol. The molecule has 2 amide bonds. The highest BCUT2D eigenvalue weighted by molar-refractivity contribution is 6.06. The summed E-state index contributed by atoms with van der Waals surface area (Å²) in [6.45, 7) is 5.40. The van der Waals surface area contributed by atoms with Gasteiger partial charge in [0.1, 0.15) is 17.6 Å². The Morgan fingerprint density at radius 3 is 2.23 bits per heavy atom. The van der Waals surface area contributed by atoms with Crippen molar-refractivity contribution in [3.8, 4) is 0 Å². The lowest BCUT2D eigenvalue weighted by Crippen LogP contribution is -2.47. The Labute approximate surface area is 175 Å². The molecule has 30 heavy (non-hydrogen) atoms. The Morgan fingerprint density at radius 1 is 1.03 bits per heavy atom. The number of amides is 2. The second-order valence-corrected chi connectivity index (χ2v) is 6.88. The maximum atomic E-state index is 13.2. The molecule has 6 nitrogen and oxygen atoms in total. The Morgan fingerprint density at radius 2 is 1.67 bits per heavy atom. The first kappa shape index (κ1) is 22.8. The molecule has 2 N–H and O–H groups in total. The van der Waals surface area contributed by atoms with Gasteiger partial charge < -0.3 is 15.4 Å². The van der Waals surface area contributed by atoms with Gasteiger partial charge in [0, 0.05) is 5.56 Å². The molecule has 0 aliphatic heterocycles. The van der Waals surface area contributed by atoms with E-state index in [9.17, 15) is 18.8 Å². The van der Waals surface area contributed by atoms with Gasteiger partial charge in [-0.2, -0.15) is 0 Å². The van der Waals surface area contributed by atoms with Crippen LogP contribution in [0.4, 0.5) is 4.39 Å². The van der Waals surface area contributed by atoms with Crippen molar-refractivity contribution in [2.75, 3.05) is 6.61 Å². The first-order chi connectivity index (χ1) is 14.3. The van der Waals surface area contributed by atoms with E-state index in [0.717, 1.165) is 0 Å². The second-order valence-electron chi connectivity index (χ2n) is 6.88. The molecule has 0 radical (unpaired) electrons. The van der Waals surface area contributed by atoms with Gasteiger partial charge in [0.2, 0.25) is 0 Å². The van der Waals surface area contributed by atoms with Crippen LogP contribution in [0, 0.1) is 11.7 Å². The fraction of sp³-hybridized carbons (Fsp3) is 0.261. The van der Waals surface area contributed by atoms with Gasteiger partial charge in [-0.3, -0.25) is 9.59 Å². The lowest BCUT2D eigenvalue weighted by Gasteiger charge is -2.21. The lowest BCUT2D eigenvalue weighted by molar-refractivity contribution is -0.148. The number of esters is 1. The highest BCUT2D eigenvalue weighted by Gasteiger charge is 2.27. The van der Waals surface area contributed by atoms with Crippen LogP contribution in [0.5, 0.6) is 0 Å². The largest absolute Gasteiger partial charge is 0.464 e. The number of carbonyl (C=O) groups is 3. The molecular formula is C23H25FN2O4. The van der Waals surface area contributed by atoms with E-state index in [1.807, 2.05) is 0 Å². The third-order valence-corrected chi connectivity index (χ3v) is 4.20. The van der Waals surface area contributed by atoms with Gasteiger partial charge in [-0.25, -0.2) is 9.18 Å². The van der Waals surface area contributed by atoms with E-state index >= 15 is 0 Å². The molecular weight excluding hydrogens is 387 g/mol. The van der Waals surface area contributed by atoms with Crippen molar-refractivity contribution >= 4 is 23.9 Å². The average Bonchev–Trinajstić information content (AvgIpc) is 2.73. The summed E-state index contributed by atoms with van der Waals surface area (Å²) in [5, 5.41) is 5.19. The van der Waals surface area contributed by atoms with Crippen molar-refractivity contribution in [1.29, 1.82) is 0 Å². The van der Waals surface area contributed by atoms with Crippen LogP contribution in [0.3, 0.4) is 0 Å². The van der Waals surface area contributed by atoms with E-state index in [1.54, 1.807) is 51.1 Å². The van der Waals surface area contributed by atoms with Crippen LogP contribution in [0.2, 0.25) is 0 Å². The van der Waals surface area contributed by atoms with Crippen molar-refractivity contribution < 1.29 is 23.5 Å². The van der Waals surface area contributed by atoms with Crippen molar-refractivity contribution in [1.82, 2.24) is 10.6 Å². The van der Waals surface area contributed by atoms with Gasteiger partial charge in [-0.1, -0.05) is 44.2 Å². The molecule has 0 saturated carbocycles. The molecule has 2 aromatic rings. The minimum Gasteiger partial charge on any atom is -0.464 e. The number of rotatable bonds is 8. The van der Waals surface area contributed by atoms with Crippen LogP contribution in [-0.4, -0.2) is 30.4 Å². The monoisotopic (exact) mass is 412 g/mol. The SMILES string of the molecule is CCOC(=O)C(NC(=O)C(=Cc1ccc(F)cc1)NC(=O)c1ccccc1)C(C)C. The zero-order valence-corrected chi connectivity index (χ0v) is 17.1. The molecule has 7 heteroatoms. The highest BCUT2D eigenvalue weighted by Crippen LogP contribution is 2.11. The molecule has 2 aromatic carbocycles. The third-order valence-electron chi connectivity index (χ3n) is 4.20. The van der Waals surface area contributed by atoms with Crippen LogP contribution in [0.25, 0.3) is 6.08 Å².